The predicted molar refractivity (Wildman–Crippen MR) is 82.0 cm³/mol. The second kappa shape index (κ2) is 4.60. The number of hydrogen-bond donors (Lipinski definition) is 0. The van der Waals surface area contributed by atoms with Gasteiger partial charge in [-0.25, -0.2) is 5.11 Å². The third-order valence-corrected chi connectivity index (χ3v) is 4.64. The Kier molecular flexibility index (Phi) is 2.75. The highest BCUT2D eigenvalue weighted by molar-refractivity contribution is 5.95. The van der Waals surface area contributed by atoms with Crippen LogP contribution in [0.1, 0.15) is 36.0 Å². The van der Waals surface area contributed by atoms with Crippen molar-refractivity contribution in [3.05, 3.63) is 64.7 Å². The van der Waals surface area contributed by atoms with Crippen molar-refractivity contribution in [2.24, 2.45) is 0 Å². The molecule has 2 aromatic rings. The summed E-state index contributed by atoms with van der Waals surface area (Å²) in [7, 11) is 0. The van der Waals surface area contributed by atoms with Crippen molar-refractivity contribution >= 4 is 16.3 Å². The molecule has 1 radical (unpaired) electrons. The molecule has 0 saturated heterocycles. The Morgan fingerprint density at radius 1 is 1.00 bits per heavy atom. The molecule has 2 aromatic carbocycles. The summed E-state index contributed by atoms with van der Waals surface area (Å²) in [6, 6.07) is 10.5. The third kappa shape index (κ3) is 1.66. The van der Waals surface area contributed by atoms with Crippen molar-refractivity contribution in [2.45, 2.75) is 32.3 Å². The maximum absolute atomic E-state index is 11.5. The zero-order valence-electron chi connectivity index (χ0n) is 11.5. The Bertz CT molecular complexity index is 750. The van der Waals surface area contributed by atoms with Crippen LogP contribution in [0, 0.1) is 0 Å². The van der Waals surface area contributed by atoms with Gasteiger partial charge in [0.15, 0.2) is 0 Å². The highest BCUT2D eigenvalue weighted by Gasteiger charge is 2.21. The Morgan fingerprint density at radius 2 is 1.95 bits per heavy atom. The number of hydrogen-bond acceptors (Lipinski definition) is 0. The van der Waals surface area contributed by atoms with Crippen molar-refractivity contribution < 1.29 is 5.11 Å². The monoisotopic (exact) mass is 261 g/mol. The smallest absolute Gasteiger partial charge is 0.108 e. The van der Waals surface area contributed by atoms with E-state index in [-0.39, 0.29) is 6.61 Å². The molecule has 2 aliphatic rings. The fourth-order valence-corrected chi connectivity index (χ4v) is 3.69. The minimum atomic E-state index is -0.129. The van der Waals surface area contributed by atoms with E-state index in [1.54, 1.807) is 5.57 Å². The zero-order chi connectivity index (χ0) is 13.5. The van der Waals surface area contributed by atoms with Gasteiger partial charge >= 0.3 is 0 Å². The standard InChI is InChI=1S/C19H17O/c20-12-15-6-3-5-14-9-10-17-16-7-2-1-4-13(16)8-11-18(17)19(14)15/h2-3,5-7,9-10H,1,4,8,11-12H2. The van der Waals surface area contributed by atoms with Gasteiger partial charge in [-0.2, -0.15) is 0 Å². The minimum Gasteiger partial charge on any atom is -0.232 e. The van der Waals surface area contributed by atoms with Crippen molar-refractivity contribution in [3.8, 4) is 0 Å². The highest BCUT2D eigenvalue weighted by Crippen LogP contribution is 2.40. The van der Waals surface area contributed by atoms with E-state index in [0.29, 0.717) is 0 Å². The molecule has 2 aliphatic carbocycles. The molecule has 0 bridgehead atoms. The van der Waals surface area contributed by atoms with E-state index in [1.807, 2.05) is 12.1 Å². The van der Waals surface area contributed by atoms with Crippen LogP contribution in [0.3, 0.4) is 0 Å². The fraction of sp³-hybridized carbons (Fsp3) is 0.263. The number of fused-ring (bicyclic) bond motifs is 4. The molecular formula is C19H17O. The summed E-state index contributed by atoms with van der Waals surface area (Å²) < 4.78 is 0. The molecule has 1 heteroatoms. The first-order chi connectivity index (χ1) is 9.88. The summed E-state index contributed by atoms with van der Waals surface area (Å²) in [6.07, 6.45) is 9.16. The molecule has 0 amide bonds. The number of aryl methyl sites for hydroxylation is 1. The van der Waals surface area contributed by atoms with Crippen LogP contribution in [-0.4, -0.2) is 0 Å². The van der Waals surface area contributed by atoms with Gasteiger partial charge in [0.25, 0.3) is 0 Å². The van der Waals surface area contributed by atoms with E-state index in [4.69, 9.17) is 0 Å². The van der Waals surface area contributed by atoms with Crippen molar-refractivity contribution in [3.63, 3.8) is 0 Å². The molecule has 0 unspecified atom stereocenters. The van der Waals surface area contributed by atoms with Crippen LogP contribution in [0.2, 0.25) is 0 Å². The molecule has 0 N–H and O–H groups in total. The first-order valence-corrected chi connectivity index (χ1v) is 7.39. The van der Waals surface area contributed by atoms with Gasteiger partial charge in [-0.1, -0.05) is 48.1 Å². The average molecular weight is 261 g/mol. The van der Waals surface area contributed by atoms with Gasteiger partial charge in [0.1, 0.15) is 6.61 Å². The maximum Gasteiger partial charge on any atom is 0.108 e. The summed E-state index contributed by atoms with van der Waals surface area (Å²) >= 11 is 0. The molecule has 1 nitrogen and oxygen atoms in total. The molecule has 99 valence electrons. The average Bonchev–Trinajstić information content (AvgIpc) is 2.53. The molecule has 0 aromatic heterocycles. The lowest BCUT2D eigenvalue weighted by atomic mass is 9.79. The number of rotatable bonds is 1. The van der Waals surface area contributed by atoms with Gasteiger partial charge in [0.2, 0.25) is 0 Å². The topological polar surface area (TPSA) is 19.9 Å². The molecule has 20 heavy (non-hydrogen) atoms. The maximum atomic E-state index is 11.5. The number of allylic oxidation sites excluding steroid dienone is 4. The first kappa shape index (κ1) is 11.9. The van der Waals surface area contributed by atoms with Crippen molar-refractivity contribution in [1.82, 2.24) is 0 Å². The van der Waals surface area contributed by atoms with Crippen LogP contribution in [-0.2, 0) is 18.1 Å². The zero-order valence-corrected chi connectivity index (χ0v) is 11.5. The van der Waals surface area contributed by atoms with Gasteiger partial charge in [-0.05, 0) is 58.7 Å². The SMILES string of the molecule is [O]Cc1cccc2ccc3c(c12)CCC1=C3C=CCC1. The fourth-order valence-electron chi connectivity index (χ4n) is 3.69. The van der Waals surface area contributed by atoms with Crippen LogP contribution in [0.25, 0.3) is 16.3 Å². The van der Waals surface area contributed by atoms with Crippen LogP contribution < -0.4 is 0 Å². The summed E-state index contributed by atoms with van der Waals surface area (Å²) in [5.41, 5.74) is 6.71. The van der Waals surface area contributed by atoms with Gasteiger partial charge in [-0.15, -0.1) is 0 Å². The highest BCUT2D eigenvalue weighted by atomic mass is 16.3. The Hall–Kier alpha value is -1.86. The second-order valence-corrected chi connectivity index (χ2v) is 5.71. The lowest BCUT2D eigenvalue weighted by molar-refractivity contribution is 0.179. The lowest BCUT2D eigenvalue weighted by Crippen LogP contribution is -2.07. The Labute approximate surface area is 119 Å². The van der Waals surface area contributed by atoms with Gasteiger partial charge in [0, 0.05) is 0 Å². The Balaban J connectivity index is 2.04. The van der Waals surface area contributed by atoms with E-state index in [1.165, 1.54) is 40.3 Å². The molecule has 0 fully saturated rings. The largest absolute Gasteiger partial charge is 0.232 e. The van der Waals surface area contributed by atoms with E-state index < -0.39 is 0 Å². The Morgan fingerprint density at radius 3 is 2.85 bits per heavy atom. The molecule has 0 atom stereocenters. The molecule has 4 rings (SSSR count). The van der Waals surface area contributed by atoms with Gasteiger partial charge in [0.05, 0.1) is 0 Å². The van der Waals surface area contributed by atoms with E-state index >= 15 is 0 Å². The lowest BCUT2D eigenvalue weighted by Gasteiger charge is -2.26. The molecular weight excluding hydrogens is 244 g/mol. The second-order valence-electron chi connectivity index (χ2n) is 5.71. The van der Waals surface area contributed by atoms with E-state index in [2.05, 4.69) is 30.4 Å². The summed E-state index contributed by atoms with van der Waals surface area (Å²) in [5, 5.41) is 13.9. The van der Waals surface area contributed by atoms with Crippen LogP contribution in [0.5, 0.6) is 0 Å². The van der Waals surface area contributed by atoms with E-state index in [9.17, 15) is 5.11 Å². The van der Waals surface area contributed by atoms with Crippen LogP contribution in [0.4, 0.5) is 0 Å². The molecule has 0 saturated carbocycles. The quantitative estimate of drug-likeness (QED) is 0.701. The third-order valence-electron chi connectivity index (χ3n) is 4.64. The summed E-state index contributed by atoms with van der Waals surface area (Å²) in [4.78, 5) is 0. The van der Waals surface area contributed by atoms with Gasteiger partial charge < -0.3 is 0 Å². The summed E-state index contributed by atoms with van der Waals surface area (Å²) in [6.45, 7) is -0.129. The van der Waals surface area contributed by atoms with Crippen molar-refractivity contribution in [2.75, 3.05) is 0 Å². The molecule has 0 heterocycles. The minimum absolute atomic E-state index is 0.129. The van der Waals surface area contributed by atoms with Crippen LogP contribution >= 0.6 is 0 Å². The normalized spacial score (nSPS) is 17.2. The van der Waals surface area contributed by atoms with Crippen molar-refractivity contribution in [1.29, 1.82) is 0 Å². The predicted octanol–water partition coefficient (Wildman–Crippen LogP) is 4.82. The molecule has 0 spiro atoms. The summed E-state index contributed by atoms with van der Waals surface area (Å²) in [5.74, 6) is 0. The van der Waals surface area contributed by atoms with Crippen LogP contribution in [0.15, 0.2) is 48.1 Å². The number of benzene rings is 2. The first-order valence-electron chi connectivity index (χ1n) is 7.39. The molecule has 0 aliphatic heterocycles. The van der Waals surface area contributed by atoms with Gasteiger partial charge in [-0.3, -0.25) is 0 Å². The van der Waals surface area contributed by atoms with E-state index in [0.717, 1.165) is 18.4 Å².